The van der Waals surface area contributed by atoms with Crippen LogP contribution in [-0.2, 0) is 26.6 Å². The van der Waals surface area contributed by atoms with Gasteiger partial charge in [-0.2, -0.15) is 0 Å². The monoisotopic (exact) mass is 322 g/mol. The number of hydrogen-bond donors (Lipinski definition) is 1. The molecule has 0 spiro atoms. The molecule has 5 nitrogen and oxygen atoms in total. The van der Waals surface area contributed by atoms with E-state index in [1.807, 2.05) is 7.05 Å². The first-order valence-electron chi connectivity index (χ1n) is 8.31. The lowest BCUT2D eigenvalue weighted by Gasteiger charge is -2.18. The van der Waals surface area contributed by atoms with Crippen LogP contribution in [-0.4, -0.2) is 20.6 Å². The summed E-state index contributed by atoms with van der Waals surface area (Å²) in [6.07, 6.45) is 0.972. The second-order valence-corrected chi connectivity index (χ2v) is 7.08. The molecule has 0 atom stereocenters. The Kier molecular flexibility index (Phi) is 3.53. The highest BCUT2D eigenvalue weighted by Gasteiger charge is 2.31. The Morgan fingerprint density at radius 3 is 2.96 bits per heavy atom. The number of hydrogen-bond acceptors (Lipinski definition) is 4. The minimum atomic E-state index is -0.102. The van der Waals surface area contributed by atoms with Crippen LogP contribution < -0.4 is 10.1 Å². The molecule has 5 heteroatoms. The van der Waals surface area contributed by atoms with Crippen LogP contribution in [0.4, 0.5) is 0 Å². The fourth-order valence-electron chi connectivity index (χ4n) is 3.36. The zero-order chi connectivity index (χ0) is 16.7. The van der Waals surface area contributed by atoms with Crippen LogP contribution in [0.25, 0.3) is 11.0 Å². The van der Waals surface area contributed by atoms with Crippen molar-refractivity contribution in [3.05, 3.63) is 53.1 Å². The number of nitrogens with one attached hydrogen (secondary N) is 1. The number of nitrogens with zero attached hydrogens (tertiary/aromatic N) is 3. The third-order valence-corrected chi connectivity index (χ3v) is 4.49. The van der Waals surface area contributed by atoms with Crippen molar-refractivity contribution in [1.29, 1.82) is 0 Å². The number of ether oxygens (including phenoxy) is 1. The van der Waals surface area contributed by atoms with Crippen molar-refractivity contribution in [2.24, 2.45) is 7.05 Å². The fourth-order valence-corrected chi connectivity index (χ4v) is 3.36. The maximum Gasteiger partial charge on any atom is 0.127 e. The van der Waals surface area contributed by atoms with Crippen molar-refractivity contribution in [1.82, 2.24) is 20.3 Å². The van der Waals surface area contributed by atoms with Crippen LogP contribution >= 0.6 is 0 Å². The minimum Gasteiger partial charge on any atom is -0.487 e. The lowest BCUT2D eigenvalue weighted by molar-refractivity contribution is 0.137. The Hall–Kier alpha value is -2.40. The molecule has 0 saturated carbocycles. The molecule has 24 heavy (non-hydrogen) atoms. The first-order valence-corrected chi connectivity index (χ1v) is 8.31. The Morgan fingerprint density at radius 2 is 2.08 bits per heavy atom. The quantitative estimate of drug-likeness (QED) is 0.802. The number of benzene rings is 2. The van der Waals surface area contributed by atoms with E-state index in [0.717, 1.165) is 36.3 Å². The molecule has 1 aliphatic heterocycles. The van der Waals surface area contributed by atoms with Gasteiger partial charge in [0.15, 0.2) is 0 Å². The summed E-state index contributed by atoms with van der Waals surface area (Å²) in [6, 6.07) is 12.7. The predicted molar refractivity (Wildman–Crippen MR) is 93.9 cm³/mol. The number of rotatable bonds is 4. The molecule has 4 rings (SSSR count). The molecule has 0 aliphatic carbocycles. The van der Waals surface area contributed by atoms with Crippen molar-refractivity contribution in [2.45, 2.75) is 39.0 Å². The molecular weight excluding hydrogens is 300 g/mol. The van der Waals surface area contributed by atoms with Gasteiger partial charge in [-0.05, 0) is 37.1 Å². The molecule has 0 amide bonds. The molecule has 3 aromatic rings. The summed E-state index contributed by atoms with van der Waals surface area (Å²) >= 11 is 0. The Balaban J connectivity index is 1.45. The van der Waals surface area contributed by atoms with Gasteiger partial charge in [0, 0.05) is 32.1 Å². The number of fused-ring (bicyclic) bond motifs is 2. The van der Waals surface area contributed by atoms with E-state index in [0.29, 0.717) is 0 Å². The zero-order valence-electron chi connectivity index (χ0n) is 14.3. The van der Waals surface area contributed by atoms with Crippen molar-refractivity contribution in [2.75, 3.05) is 0 Å². The third kappa shape index (κ3) is 2.76. The number of para-hydroxylation sites is 1. The summed E-state index contributed by atoms with van der Waals surface area (Å²) in [7, 11) is 1.91. The number of aryl methyl sites for hydroxylation is 1. The largest absolute Gasteiger partial charge is 0.487 e. The van der Waals surface area contributed by atoms with Crippen LogP contribution in [0.1, 0.15) is 30.5 Å². The van der Waals surface area contributed by atoms with E-state index in [-0.39, 0.29) is 5.60 Å². The van der Waals surface area contributed by atoms with Gasteiger partial charge in [-0.3, -0.25) is 0 Å². The molecular formula is C19H22N4O. The van der Waals surface area contributed by atoms with Gasteiger partial charge in [0.05, 0.1) is 5.52 Å². The van der Waals surface area contributed by atoms with E-state index in [1.54, 1.807) is 4.68 Å². The SMILES string of the molecule is Cn1nnc2cc(CNCc3cccc4c3OC(C)(C)C4)ccc21. The highest BCUT2D eigenvalue weighted by Crippen LogP contribution is 2.37. The highest BCUT2D eigenvalue weighted by molar-refractivity contribution is 5.74. The predicted octanol–water partition coefficient (Wildman–Crippen LogP) is 2.97. The van der Waals surface area contributed by atoms with Gasteiger partial charge >= 0.3 is 0 Å². The maximum absolute atomic E-state index is 6.13. The van der Waals surface area contributed by atoms with Gasteiger partial charge in [0.25, 0.3) is 0 Å². The summed E-state index contributed by atoms with van der Waals surface area (Å²) in [4.78, 5) is 0. The van der Waals surface area contributed by atoms with Crippen LogP contribution in [0.15, 0.2) is 36.4 Å². The Labute approximate surface area is 141 Å². The van der Waals surface area contributed by atoms with Gasteiger partial charge in [-0.15, -0.1) is 5.10 Å². The molecule has 0 saturated heterocycles. The molecule has 2 heterocycles. The van der Waals surface area contributed by atoms with Gasteiger partial charge in [-0.1, -0.05) is 29.5 Å². The van der Waals surface area contributed by atoms with Crippen molar-refractivity contribution >= 4 is 11.0 Å². The average molecular weight is 322 g/mol. The van der Waals surface area contributed by atoms with Crippen molar-refractivity contribution in [3.8, 4) is 5.75 Å². The van der Waals surface area contributed by atoms with E-state index >= 15 is 0 Å². The summed E-state index contributed by atoms with van der Waals surface area (Å²) in [5, 5.41) is 11.7. The van der Waals surface area contributed by atoms with Crippen LogP contribution in [0.2, 0.25) is 0 Å². The zero-order valence-corrected chi connectivity index (χ0v) is 14.3. The van der Waals surface area contributed by atoms with Gasteiger partial charge in [0.1, 0.15) is 16.9 Å². The molecule has 1 N–H and O–H groups in total. The summed E-state index contributed by atoms with van der Waals surface area (Å²) in [5.41, 5.74) is 5.61. The summed E-state index contributed by atoms with van der Waals surface area (Å²) in [5.74, 6) is 1.05. The lowest BCUT2D eigenvalue weighted by Crippen LogP contribution is -2.25. The average Bonchev–Trinajstić information content (AvgIpc) is 3.06. The Bertz CT molecular complexity index is 898. The summed E-state index contributed by atoms with van der Waals surface area (Å²) < 4.78 is 7.92. The van der Waals surface area contributed by atoms with Gasteiger partial charge in [-0.25, -0.2) is 4.68 Å². The molecule has 1 aromatic heterocycles. The first-order chi connectivity index (χ1) is 11.5. The summed E-state index contributed by atoms with van der Waals surface area (Å²) in [6.45, 7) is 5.86. The van der Waals surface area contributed by atoms with E-state index in [1.165, 1.54) is 16.7 Å². The second-order valence-electron chi connectivity index (χ2n) is 7.08. The van der Waals surface area contributed by atoms with E-state index in [2.05, 4.69) is 65.9 Å². The topological polar surface area (TPSA) is 52.0 Å². The molecule has 0 unspecified atom stereocenters. The molecule has 0 fully saturated rings. The normalized spacial score (nSPS) is 15.5. The molecule has 0 radical (unpaired) electrons. The van der Waals surface area contributed by atoms with Crippen LogP contribution in [0.5, 0.6) is 5.75 Å². The van der Waals surface area contributed by atoms with Crippen molar-refractivity contribution in [3.63, 3.8) is 0 Å². The van der Waals surface area contributed by atoms with Gasteiger partial charge < -0.3 is 10.1 Å². The van der Waals surface area contributed by atoms with Crippen molar-refractivity contribution < 1.29 is 4.74 Å². The molecule has 0 bridgehead atoms. The molecule has 124 valence electrons. The molecule has 2 aromatic carbocycles. The van der Waals surface area contributed by atoms with Crippen LogP contribution in [0, 0.1) is 0 Å². The number of aromatic nitrogens is 3. The molecule has 1 aliphatic rings. The van der Waals surface area contributed by atoms with E-state index in [9.17, 15) is 0 Å². The third-order valence-electron chi connectivity index (χ3n) is 4.49. The Morgan fingerprint density at radius 1 is 1.21 bits per heavy atom. The second kappa shape index (κ2) is 5.60. The smallest absolute Gasteiger partial charge is 0.127 e. The van der Waals surface area contributed by atoms with Crippen LogP contribution in [0.3, 0.4) is 0 Å². The fraction of sp³-hybridized carbons (Fsp3) is 0.368. The van der Waals surface area contributed by atoms with E-state index < -0.39 is 0 Å². The highest BCUT2D eigenvalue weighted by atomic mass is 16.5. The minimum absolute atomic E-state index is 0.102. The standard InChI is InChI=1S/C19H22N4O/c1-19(2)10-14-5-4-6-15(18(14)24-19)12-20-11-13-7-8-17-16(9-13)21-22-23(17)3/h4-9,20H,10-12H2,1-3H3. The first kappa shape index (κ1) is 15.1. The lowest BCUT2D eigenvalue weighted by atomic mass is 10.0. The maximum atomic E-state index is 6.13. The van der Waals surface area contributed by atoms with Gasteiger partial charge in [0.2, 0.25) is 0 Å². The van der Waals surface area contributed by atoms with E-state index in [4.69, 9.17) is 4.74 Å².